The molecular weight excluding hydrogens is 453 g/mol. The van der Waals surface area contributed by atoms with Gasteiger partial charge < -0.3 is 10.6 Å². The standard InChI is InChI=1S/C17H29N3OS2.HI/c1-5-18-16(20-12-14-23(21)17(2,3)4)19-11-13-22-15-9-7-6-8-10-15;/h6-10H,5,11-14H2,1-4H3,(H2,18,19,20);1H. The highest BCUT2D eigenvalue weighted by atomic mass is 127. The molecule has 4 nitrogen and oxygen atoms in total. The topological polar surface area (TPSA) is 53.5 Å². The normalized spacial score (nSPS) is 13.1. The lowest BCUT2D eigenvalue weighted by atomic mass is 10.3. The van der Waals surface area contributed by atoms with Gasteiger partial charge in [-0.15, -0.1) is 35.7 Å². The van der Waals surface area contributed by atoms with E-state index in [0.29, 0.717) is 12.3 Å². The largest absolute Gasteiger partial charge is 0.357 e. The van der Waals surface area contributed by atoms with E-state index >= 15 is 0 Å². The van der Waals surface area contributed by atoms with Crippen LogP contribution < -0.4 is 10.6 Å². The van der Waals surface area contributed by atoms with Gasteiger partial charge in [-0.3, -0.25) is 9.20 Å². The van der Waals surface area contributed by atoms with E-state index in [1.54, 1.807) is 0 Å². The van der Waals surface area contributed by atoms with Gasteiger partial charge in [0, 0.05) is 45.0 Å². The van der Waals surface area contributed by atoms with Crippen molar-refractivity contribution in [2.24, 2.45) is 4.99 Å². The predicted molar refractivity (Wildman–Crippen MR) is 119 cm³/mol. The molecule has 1 rings (SSSR count). The minimum Gasteiger partial charge on any atom is -0.357 e. The van der Waals surface area contributed by atoms with Crippen LogP contribution in [0.2, 0.25) is 0 Å². The van der Waals surface area contributed by atoms with E-state index in [0.717, 1.165) is 24.8 Å². The van der Waals surface area contributed by atoms with E-state index in [1.165, 1.54) is 4.90 Å². The van der Waals surface area contributed by atoms with Gasteiger partial charge in [0.25, 0.3) is 0 Å². The van der Waals surface area contributed by atoms with Gasteiger partial charge in [-0.25, -0.2) is 0 Å². The van der Waals surface area contributed by atoms with E-state index in [1.807, 2.05) is 45.5 Å². The molecule has 0 saturated carbocycles. The average Bonchev–Trinajstić information content (AvgIpc) is 2.51. The molecule has 2 N–H and O–H groups in total. The van der Waals surface area contributed by atoms with Crippen molar-refractivity contribution < 1.29 is 4.21 Å². The first-order chi connectivity index (χ1) is 10.9. The van der Waals surface area contributed by atoms with Gasteiger partial charge in [-0.05, 0) is 39.8 Å². The molecule has 0 spiro atoms. The van der Waals surface area contributed by atoms with Crippen LogP contribution in [0.4, 0.5) is 0 Å². The van der Waals surface area contributed by atoms with Gasteiger partial charge in [0.05, 0.1) is 6.54 Å². The predicted octanol–water partition coefficient (Wildman–Crippen LogP) is 3.50. The number of rotatable bonds is 8. The highest BCUT2D eigenvalue weighted by molar-refractivity contribution is 14.0. The van der Waals surface area contributed by atoms with E-state index in [4.69, 9.17) is 0 Å². The molecule has 0 radical (unpaired) electrons. The van der Waals surface area contributed by atoms with E-state index in [-0.39, 0.29) is 28.7 Å². The maximum Gasteiger partial charge on any atom is 0.191 e. The molecule has 1 aromatic rings. The van der Waals surface area contributed by atoms with Crippen LogP contribution in [0.25, 0.3) is 0 Å². The first kappa shape index (κ1) is 23.7. The summed E-state index contributed by atoms with van der Waals surface area (Å²) >= 11 is 1.82. The Morgan fingerprint density at radius 3 is 2.46 bits per heavy atom. The molecular formula is C17H30IN3OS2. The van der Waals surface area contributed by atoms with E-state index < -0.39 is 10.8 Å². The molecule has 1 aromatic carbocycles. The van der Waals surface area contributed by atoms with E-state index in [2.05, 4.69) is 39.9 Å². The molecule has 1 atom stereocenters. The Bertz CT molecular complexity index is 504. The number of aliphatic imine (C=N–C) groups is 1. The summed E-state index contributed by atoms with van der Waals surface area (Å²) in [5.41, 5.74) is 0. The summed E-state index contributed by atoms with van der Waals surface area (Å²) in [7, 11) is -0.857. The van der Waals surface area contributed by atoms with Gasteiger partial charge in [0.15, 0.2) is 5.96 Å². The van der Waals surface area contributed by atoms with Gasteiger partial charge in [-0.2, -0.15) is 0 Å². The third-order valence-corrected chi connectivity index (χ3v) is 5.91. The minimum absolute atomic E-state index is 0. The van der Waals surface area contributed by atoms with Crippen molar-refractivity contribution in [3.8, 4) is 0 Å². The second-order valence-electron chi connectivity index (χ2n) is 6.01. The molecule has 1 unspecified atom stereocenters. The zero-order valence-electron chi connectivity index (χ0n) is 15.0. The highest BCUT2D eigenvalue weighted by Gasteiger charge is 2.18. The molecule has 0 aliphatic heterocycles. The molecule has 0 aliphatic carbocycles. The fraction of sp³-hybridized carbons (Fsp3) is 0.588. The maximum atomic E-state index is 12.0. The summed E-state index contributed by atoms with van der Waals surface area (Å²) in [5.74, 6) is 2.37. The van der Waals surface area contributed by atoms with Crippen molar-refractivity contribution in [1.29, 1.82) is 0 Å². The third kappa shape index (κ3) is 10.6. The van der Waals surface area contributed by atoms with Crippen molar-refractivity contribution in [2.45, 2.75) is 37.3 Å². The Labute approximate surface area is 170 Å². The number of hydrogen-bond donors (Lipinski definition) is 2. The Balaban J connectivity index is 0.00000529. The fourth-order valence-corrected chi connectivity index (χ4v) is 3.40. The molecule has 0 amide bonds. The summed E-state index contributed by atoms with van der Waals surface area (Å²) in [6, 6.07) is 10.4. The SMILES string of the molecule is CCNC(=NCCS(=O)C(C)(C)C)NCCSc1ccccc1.I. The van der Waals surface area contributed by atoms with Crippen molar-refractivity contribution >= 4 is 52.5 Å². The molecule has 0 aromatic heterocycles. The van der Waals surface area contributed by atoms with Crippen LogP contribution in [-0.4, -0.2) is 46.1 Å². The van der Waals surface area contributed by atoms with Crippen LogP contribution in [0, 0.1) is 0 Å². The summed E-state index contributed by atoms with van der Waals surface area (Å²) in [6.07, 6.45) is 0. The van der Waals surface area contributed by atoms with Crippen LogP contribution in [0.15, 0.2) is 40.2 Å². The number of thioether (sulfide) groups is 1. The quantitative estimate of drug-likeness (QED) is 0.196. The van der Waals surface area contributed by atoms with Crippen LogP contribution in [0.3, 0.4) is 0 Å². The molecule has 0 saturated heterocycles. The molecule has 0 fully saturated rings. The number of guanidine groups is 1. The lowest BCUT2D eigenvalue weighted by Gasteiger charge is -2.17. The molecule has 0 aliphatic rings. The summed E-state index contributed by atoms with van der Waals surface area (Å²) in [4.78, 5) is 5.78. The summed E-state index contributed by atoms with van der Waals surface area (Å²) in [6.45, 7) is 10.3. The zero-order chi connectivity index (χ0) is 17.1. The third-order valence-electron chi connectivity index (χ3n) is 2.98. The van der Waals surface area contributed by atoms with Crippen molar-refractivity contribution in [3.63, 3.8) is 0 Å². The lowest BCUT2D eigenvalue weighted by Crippen LogP contribution is -2.38. The van der Waals surface area contributed by atoms with Crippen molar-refractivity contribution in [2.75, 3.05) is 31.1 Å². The first-order valence-electron chi connectivity index (χ1n) is 8.02. The highest BCUT2D eigenvalue weighted by Crippen LogP contribution is 2.15. The lowest BCUT2D eigenvalue weighted by molar-refractivity contribution is 0.648. The van der Waals surface area contributed by atoms with Gasteiger partial charge in [0.2, 0.25) is 0 Å². The molecule has 24 heavy (non-hydrogen) atoms. The van der Waals surface area contributed by atoms with Crippen LogP contribution in [0.5, 0.6) is 0 Å². The molecule has 7 heteroatoms. The number of hydrogen-bond acceptors (Lipinski definition) is 3. The van der Waals surface area contributed by atoms with Gasteiger partial charge in [0.1, 0.15) is 0 Å². The fourth-order valence-electron chi connectivity index (χ4n) is 1.74. The van der Waals surface area contributed by atoms with Gasteiger partial charge in [-0.1, -0.05) is 18.2 Å². The average molecular weight is 483 g/mol. The zero-order valence-corrected chi connectivity index (χ0v) is 19.0. The Kier molecular flexibility index (Phi) is 12.8. The summed E-state index contributed by atoms with van der Waals surface area (Å²) in [5, 5.41) is 6.55. The van der Waals surface area contributed by atoms with Crippen LogP contribution in [0.1, 0.15) is 27.7 Å². The smallest absolute Gasteiger partial charge is 0.191 e. The number of nitrogens with one attached hydrogen (secondary N) is 2. The van der Waals surface area contributed by atoms with Gasteiger partial charge >= 0.3 is 0 Å². The first-order valence-corrected chi connectivity index (χ1v) is 10.3. The maximum absolute atomic E-state index is 12.0. The molecule has 0 heterocycles. The Morgan fingerprint density at radius 2 is 1.88 bits per heavy atom. The monoisotopic (exact) mass is 483 g/mol. The van der Waals surface area contributed by atoms with Crippen molar-refractivity contribution in [1.82, 2.24) is 10.6 Å². The van der Waals surface area contributed by atoms with Crippen LogP contribution >= 0.6 is 35.7 Å². The van der Waals surface area contributed by atoms with Crippen LogP contribution in [-0.2, 0) is 10.8 Å². The second kappa shape index (κ2) is 13.0. The number of halogens is 1. The second-order valence-corrected chi connectivity index (χ2v) is 9.50. The molecule has 0 bridgehead atoms. The molecule has 138 valence electrons. The Hall–Kier alpha value is -0.280. The number of benzene rings is 1. The minimum atomic E-state index is -0.857. The Morgan fingerprint density at radius 1 is 1.21 bits per heavy atom. The van der Waals surface area contributed by atoms with Crippen molar-refractivity contribution in [3.05, 3.63) is 30.3 Å². The number of nitrogens with zero attached hydrogens (tertiary/aromatic N) is 1. The summed E-state index contributed by atoms with van der Waals surface area (Å²) < 4.78 is 11.8. The van der Waals surface area contributed by atoms with E-state index in [9.17, 15) is 4.21 Å².